The van der Waals surface area contributed by atoms with Gasteiger partial charge in [0, 0.05) is 11.8 Å². The number of rotatable bonds is 5. The van der Waals surface area contributed by atoms with E-state index in [4.69, 9.17) is 9.47 Å². The van der Waals surface area contributed by atoms with E-state index < -0.39 is 0 Å². The van der Waals surface area contributed by atoms with Crippen molar-refractivity contribution in [3.05, 3.63) is 30.9 Å². The number of nitrogens with one attached hydrogen (secondary N) is 2. The second-order valence-electron chi connectivity index (χ2n) is 5.35. The molecule has 2 N–H and O–H groups in total. The summed E-state index contributed by atoms with van der Waals surface area (Å²) in [5, 5.41) is 3.32. The van der Waals surface area contributed by atoms with Gasteiger partial charge in [0.25, 0.3) is 0 Å². The van der Waals surface area contributed by atoms with Gasteiger partial charge >= 0.3 is 0 Å². The van der Waals surface area contributed by atoms with E-state index in [1.54, 1.807) is 24.5 Å². The van der Waals surface area contributed by atoms with Crippen LogP contribution in [0.3, 0.4) is 0 Å². The van der Waals surface area contributed by atoms with Crippen LogP contribution >= 0.6 is 11.8 Å². The Kier molecular flexibility index (Phi) is 4.14. The number of imidazole rings is 1. The third-order valence-electron chi connectivity index (χ3n) is 3.75. The molecule has 1 aliphatic heterocycles. The first kappa shape index (κ1) is 15.7. The number of anilines is 1. The van der Waals surface area contributed by atoms with E-state index in [2.05, 4.69) is 25.3 Å². The SMILES string of the molecule is CC[C@H](Sc1ncnc2nc[nH]c12)C(=O)Nc1ccc2c(c1)OCO2. The van der Waals surface area contributed by atoms with Crippen LogP contribution < -0.4 is 14.8 Å². The summed E-state index contributed by atoms with van der Waals surface area (Å²) in [5.41, 5.74) is 1.99. The van der Waals surface area contributed by atoms with Crippen molar-refractivity contribution < 1.29 is 14.3 Å². The van der Waals surface area contributed by atoms with Crippen LogP contribution in [-0.4, -0.2) is 37.9 Å². The lowest BCUT2D eigenvalue weighted by molar-refractivity contribution is -0.115. The maximum Gasteiger partial charge on any atom is 0.237 e. The standard InChI is InChI=1S/C16H15N5O3S/c1-2-12(25-16-13-14(18-6-17-13)19-7-20-16)15(22)21-9-3-4-10-11(5-9)24-8-23-10/h3-7,12H,2,8H2,1H3,(H,21,22)(H,17,18,19,20)/t12-/m0/s1. The lowest BCUT2D eigenvalue weighted by Crippen LogP contribution is -2.24. The molecule has 1 aliphatic rings. The Balaban J connectivity index is 1.50. The topological polar surface area (TPSA) is 102 Å². The van der Waals surface area contributed by atoms with Crippen LogP contribution in [0.2, 0.25) is 0 Å². The molecule has 0 saturated carbocycles. The molecule has 0 aliphatic carbocycles. The predicted octanol–water partition coefficient (Wildman–Crippen LogP) is 2.59. The fraction of sp³-hybridized carbons (Fsp3) is 0.250. The number of carbonyl (C=O) groups excluding carboxylic acids is 1. The van der Waals surface area contributed by atoms with E-state index in [1.807, 2.05) is 6.92 Å². The van der Waals surface area contributed by atoms with E-state index in [0.29, 0.717) is 34.3 Å². The Hall–Kier alpha value is -2.81. The zero-order valence-corrected chi connectivity index (χ0v) is 14.2. The van der Waals surface area contributed by atoms with Gasteiger partial charge in [-0.3, -0.25) is 4.79 Å². The van der Waals surface area contributed by atoms with Crippen LogP contribution in [0.25, 0.3) is 11.2 Å². The van der Waals surface area contributed by atoms with Gasteiger partial charge in [0.1, 0.15) is 16.9 Å². The molecular formula is C16H15N5O3S. The number of thioether (sulfide) groups is 1. The van der Waals surface area contributed by atoms with E-state index in [1.165, 1.54) is 18.1 Å². The number of hydrogen-bond donors (Lipinski definition) is 2. The molecule has 1 atom stereocenters. The summed E-state index contributed by atoms with van der Waals surface area (Å²) in [6.45, 7) is 2.16. The summed E-state index contributed by atoms with van der Waals surface area (Å²) in [5.74, 6) is 1.22. The molecule has 8 nitrogen and oxygen atoms in total. The molecule has 4 rings (SSSR count). The highest BCUT2D eigenvalue weighted by Crippen LogP contribution is 2.35. The van der Waals surface area contributed by atoms with E-state index in [0.717, 1.165) is 5.52 Å². The number of ether oxygens (including phenoxy) is 2. The molecule has 0 saturated heterocycles. The minimum absolute atomic E-state index is 0.0994. The van der Waals surface area contributed by atoms with E-state index >= 15 is 0 Å². The van der Waals surface area contributed by atoms with E-state index in [-0.39, 0.29) is 18.0 Å². The van der Waals surface area contributed by atoms with Crippen molar-refractivity contribution in [2.24, 2.45) is 0 Å². The number of carbonyl (C=O) groups is 1. The van der Waals surface area contributed by atoms with Gasteiger partial charge in [-0.05, 0) is 18.6 Å². The first-order chi connectivity index (χ1) is 12.2. The van der Waals surface area contributed by atoms with Crippen LogP contribution in [0.15, 0.2) is 35.9 Å². The Bertz CT molecular complexity index is 929. The van der Waals surface area contributed by atoms with Gasteiger partial charge in [0.05, 0.1) is 11.6 Å². The summed E-state index contributed by atoms with van der Waals surface area (Å²) in [4.78, 5) is 28.1. The van der Waals surface area contributed by atoms with Gasteiger partial charge in [-0.15, -0.1) is 0 Å². The highest BCUT2D eigenvalue weighted by molar-refractivity contribution is 8.00. The molecule has 128 valence electrons. The van der Waals surface area contributed by atoms with Crippen molar-refractivity contribution in [2.45, 2.75) is 23.6 Å². The molecule has 3 heterocycles. The number of hydrogen-bond acceptors (Lipinski definition) is 7. The van der Waals surface area contributed by atoms with Crippen LogP contribution in [0.5, 0.6) is 11.5 Å². The van der Waals surface area contributed by atoms with Gasteiger partial charge in [-0.1, -0.05) is 18.7 Å². The van der Waals surface area contributed by atoms with Gasteiger partial charge in [-0.25, -0.2) is 15.0 Å². The number of fused-ring (bicyclic) bond motifs is 2. The van der Waals surface area contributed by atoms with Crippen molar-refractivity contribution in [3.8, 4) is 11.5 Å². The Labute approximate surface area is 147 Å². The molecule has 25 heavy (non-hydrogen) atoms. The molecule has 1 aromatic carbocycles. The number of nitrogens with zero attached hydrogens (tertiary/aromatic N) is 3. The van der Waals surface area contributed by atoms with Crippen molar-refractivity contribution in [3.63, 3.8) is 0 Å². The Morgan fingerprint density at radius 1 is 1.32 bits per heavy atom. The van der Waals surface area contributed by atoms with Crippen molar-refractivity contribution >= 4 is 34.5 Å². The molecule has 3 aromatic rings. The van der Waals surface area contributed by atoms with E-state index in [9.17, 15) is 4.79 Å². The molecular weight excluding hydrogens is 342 g/mol. The Morgan fingerprint density at radius 2 is 2.20 bits per heavy atom. The fourth-order valence-electron chi connectivity index (χ4n) is 2.49. The highest BCUT2D eigenvalue weighted by atomic mass is 32.2. The minimum Gasteiger partial charge on any atom is -0.454 e. The fourth-order valence-corrected chi connectivity index (χ4v) is 3.46. The summed E-state index contributed by atoms with van der Waals surface area (Å²) in [7, 11) is 0. The molecule has 0 bridgehead atoms. The average Bonchev–Trinajstić information content (AvgIpc) is 3.28. The zero-order chi connectivity index (χ0) is 17.2. The van der Waals surface area contributed by atoms with Crippen LogP contribution in [0, 0.1) is 0 Å². The smallest absolute Gasteiger partial charge is 0.237 e. The lowest BCUT2D eigenvalue weighted by Gasteiger charge is -2.14. The highest BCUT2D eigenvalue weighted by Gasteiger charge is 2.22. The summed E-state index contributed by atoms with van der Waals surface area (Å²) in [6.07, 6.45) is 3.67. The van der Waals surface area contributed by atoms with Crippen molar-refractivity contribution in [1.82, 2.24) is 19.9 Å². The summed E-state index contributed by atoms with van der Waals surface area (Å²) in [6, 6.07) is 5.33. The normalized spacial score (nSPS) is 13.8. The maximum absolute atomic E-state index is 12.6. The Morgan fingerprint density at radius 3 is 3.08 bits per heavy atom. The zero-order valence-electron chi connectivity index (χ0n) is 13.4. The molecule has 0 fully saturated rings. The number of amides is 1. The molecule has 9 heteroatoms. The summed E-state index contributed by atoms with van der Waals surface area (Å²) < 4.78 is 10.6. The molecule has 0 spiro atoms. The maximum atomic E-state index is 12.6. The first-order valence-electron chi connectivity index (χ1n) is 7.76. The van der Waals surface area contributed by atoms with Crippen molar-refractivity contribution in [2.75, 3.05) is 12.1 Å². The third-order valence-corrected chi connectivity index (χ3v) is 5.11. The second-order valence-corrected chi connectivity index (χ2v) is 6.54. The van der Waals surface area contributed by atoms with Gasteiger partial charge in [0.15, 0.2) is 17.1 Å². The number of benzene rings is 1. The lowest BCUT2D eigenvalue weighted by atomic mass is 10.2. The largest absolute Gasteiger partial charge is 0.454 e. The van der Waals surface area contributed by atoms with Crippen molar-refractivity contribution in [1.29, 1.82) is 0 Å². The average molecular weight is 357 g/mol. The molecule has 0 radical (unpaired) electrons. The molecule has 2 aromatic heterocycles. The van der Waals surface area contributed by atoms with Crippen LogP contribution in [0.1, 0.15) is 13.3 Å². The van der Waals surface area contributed by atoms with Crippen LogP contribution in [-0.2, 0) is 4.79 Å². The number of H-pyrrole nitrogens is 1. The number of aromatic amines is 1. The molecule has 0 unspecified atom stereocenters. The monoisotopic (exact) mass is 357 g/mol. The quantitative estimate of drug-likeness (QED) is 0.534. The predicted molar refractivity (Wildman–Crippen MR) is 92.8 cm³/mol. The molecule has 1 amide bonds. The van der Waals surface area contributed by atoms with Gasteiger partial charge in [0.2, 0.25) is 12.7 Å². The van der Waals surface area contributed by atoms with Gasteiger partial charge < -0.3 is 19.8 Å². The number of aromatic nitrogens is 4. The third kappa shape index (κ3) is 3.10. The minimum atomic E-state index is -0.299. The second kappa shape index (κ2) is 6.60. The van der Waals surface area contributed by atoms with Gasteiger partial charge in [-0.2, -0.15) is 0 Å². The van der Waals surface area contributed by atoms with Crippen LogP contribution in [0.4, 0.5) is 5.69 Å². The summed E-state index contributed by atoms with van der Waals surface area (Å²) >= 11 is 1.39. The first-order valence-corrected chi connectivity index (χ1v) is 8.64.